The quantitative estimate of drug-likeness (QED) is 0.558. The van der Waals surface area contributed by atoms with Crippen molar-refractivity contribution in [2.24, 2.45) is 17.3 Å². The maximum absolute atomic E-state index is 12.2. The summed E-state index contributed by atoms with van der Waals surface area (Å²) in [4.78, 5) is 14.4. The molecule has 32 heavy (non-hydrogen) atoms. The lowest BCUT2D eigenvalue weighted by atomic mass is 9.51. The van der Waals surface area contributed by atoms with Crippen molar-refractivity contribution in [3.05, 3.63) is 52.6 Å². The van der Waals surface area contributed by atoms with Gasteiger partial charge in [-0.1, -0.05) is 24.6 Å². The lowest BCUT2D eigenvalue weighted by Gasteiger charge is -2.55. The van der Waals surface area contributed by atoms with E-state index in [0.717, 1.165) is 25.4 Å². The van der Waals surface area contributed by atoms with Crippen molar-refractivity contribution < 1.29 is 9.53 Å². The van der Waals surface area contributed by atoms with Crippen LogP contribution in [0.3, 0.4) is 0 Å². The molecule has 5 atom stereocenters. The molecule has 1 aromatic carbocycles. The minimum atomic E-state index is 0.0916. The summed E-state index contributed by atoms with van der Waals surface area (Å²) in [5.74, 6) is 2.15. The van der Waals surface area contributed by atoms with Gasteiger partial charge in [0, 0.05) is 44.1 Å². The summed E-state index contributed by atoms with van der Waals surface area (Å²) in [6.45, 7) is 3.52. The van der Waals surface area contributed by atoms with E-state index in [-0.39, 0.29) is 11.0 Å². The Morgan fingerprint density at radius 3 is 2.56 bits per heavy atom. The number of anilines is 1. The number of rotatable bonds is 2. The molecule has 0 bridgehead atoms. The molecule has 1 heterocycles. The van der Waals surface area contributed by atoms with Gasteiger partial charge in [-0.15, -0.1) is 0 Å². The van der Waals surface area contributed by atoms with E-state index in [0.29, 0.717) is 24.0 Å². The summed E-state index contributed by atoms with van der Waals surface area (Å²) in [6, 6.07) is 9.31. The van der Waals surface area contributed by atoms with E-state index >= 15 is 0 Å². The molecule has 4 aliphatic carbocycles. The molecule has 5 aliphatic rings. The van der Waals surface area contributed by atoms with Crippen molar-refractivity contribution >= 4 is 11.5 Å². The van der Waals surface area contributed by atoms with Crippen LogP contribution in [0.25, 0.3) is 0 Å². The Morgan fingerprint density at radius 2 is 1.84 bits per heavy atom. The zero-order chi connectivity index (χ0) is 22.1. The fourth-order valence-electron chi connectivity index (χ4n) is 8.39. The van der Waals surface area contributed by atoms with Crippen LogP contribution < -0.4 is 4.90 Å². The van der Waals surface area contributed by atoms with E-state index in [1.54, 1.807) is 11.1 Å². The molecule has 3 heteroatoms. The molecule has 1 aromatic rings. The molecule has 0 unspecified atom stereocenters. The van der Waals surface area contributed by atoms with Gasteiger partial charge in [-0.2, -0.15) is 0 Å². The summed E-state index contributed by atoms with van der Waals surface area (Å²) in [6.07, 6.45) is 12.1. The first-order valence-corrected chi connectivity index (χ1v) is 12.8. The molecule has 6 rings (SSSR count). The molecule has 0 aromatic heterocycles. The number of hydrogen-bond acceptors (Lipinski definition) is 3. The highest BCUT2D eigenvalue weighted by molar-refractivity contribution is 5.93. The third-order valence-electron chi connectivity index (χ3n) is 9.94. The average molecular weight is 432 g/mol. The summed E-state index contributed by atoms with van der Waals surface area (Å²) >= 11 is 0. The molecule has 3 nitrogen and oxygen atoms in total. The summed E-state index contributed by atoms with van der Waals surface area (Å²) < 4.78 is 6.63. The highest BCUT2D eigenvalue weighted by Crippen LogP contribution is 2.69. The van der Waals surface area contributed by atoms with E-state index in [1.165, 1.54) is 55.3 Å². The zero-order valence-corrected chi connectivity index (χ0v) is 20.0. The van der Waals surface area contributed by atoms with Crippen molar-refractivity contribution in [1.82, 2.24) is 0 Å². The Bertz CT molecular complexity index is 994. The predicted octanol–water partition coefficient (Wildman–Crippen LogP) is 6.20. The van der Waals surface area contributed by atoms with Crippen LogP contribution in [-0.2, 0) is 9.53 Å². The first-order valence-electron chi connectivity index (χ1n) is 12.8. The first kappa shape index (κ1) is 20.7. The minimum Gasteiger partial charge on any atom is -0.378 e. The fraction of sp³-hybridized carbons (Fsp3) is 0.621. The number of nitrogens with zero attached hydrogens (tertiary/aromatic N) is 1. The molecular formula is C29H37NO2. The molecule has 0 N–H and O–H groups in total. The Balaban J connectivity index is 1.50. The summed E-state index contributed by atoms with van der Waals surface area (Å²) in [5.41, 5.74) is 7.66. The molecule has 0 radical (unpaired) electrons. The number of allylic oxidation sites excluding steroid dienone is 4. The van der Waals surface area contributed by atoms with E-state index in [4.69, 9.17) is 4.74 Å². The SMILES string of the molecule is CN(C)c1ccc([C@H]2C[C@]3(C)[C@@H](CC[C@]34CCCO4)[C@@H]3CCC4=CC(=O)CCC4=C32)cc1. The van der Waals surface area contributed by atoms with Crippen LogP contribution in [0, 0.1) is 17.3 Å². The molecular weight excluding hydrogens is 394 g/mol. The summed E-state index contributed by atoms with van der Waals surface area (Å²) in [7, 11) is 4.22. The molecule has 0 amide bonds. The predicted molar refractivity (Wildman–Crippen MR) is 129 cm³/mol. The van der Waals surface area contributed by atoms with Gasteiger partial charge in [-0.3, -0.25) is 4.79 Å². The van der Waals surface area contributed by atoms with E-state index in [2.05, 4.69) is 50.2 Å². The van der Waals surface area contributed by atoms with Gasteiger partial charge in [0.15, 0.2) is 5.78 Å². The van der Waals surface area contributed by atoms with Crippen molar-refractivity contribution in [3.63, 3.8) is 0 Å². The number of hydrogen-bond donors (Lipinski definition) is 0. The second-order valence-corrected chi connectivity index (χ2v) is 11.5. The molecule has 1 saturated heterocycles. The van der Waals surface area contributed by atoms with Gasteiger partial charge < -0.3 is 9.64 Å². The number of carbonyl (C=O) groups is 1. The maximum Gasteiger partial charge on any atom is 0.156 e. The van der Waals surface area contributed by atoms with Crippen molar-refractivity contribution in [3.8, 4) is 0 Å². The second-order valence-electron chi connectivity index (χ2n) is 11.5. The van der Waals surface area contributed by atoms with Crippen LogP contribution in [0.4, 0.5) is 5.69 Å². The largest absolute Gasteiger partial charge is 0.378 e. The van der Waals surface area contributed by atoms with Gasteiger partial charge in [0.1, 0.15) is 0 Å². The van der Waals surface area contributed by atoms with Crippen LogP contribution in [0.2, 0.25) is 0 Å². The number of ether oxygens (including phenoxy) is 1. The van der Waals surface area contributed by atoms with Crippen molar-refractivity contribution in [2.45, 2.75) is 76.2 Å². The van der Waals surface area contributed by atoms with Crippen LogP contribution in [-0.4, -0.2) is 32.1 Å². The number of fused-ring (bicyclic) bond motifs is 5. The van der Waals surface area contributed by atoms with Crippen LogP contribution >= 0.6 is 0 Å². The van der Waals surface area contributed by atoms with Crippen LogP contribution in [0.15, 0.2) is 47.1 Å². The lowest BCUT2D eigenvalue weighted by molar-refractivity contribution is -0.114. The number of carbonyl (C=O) groups excluding carboxylic acids is 1. The average Bonchev–Trinajstić information content (AvgIpc) is 3.39. The molecule has 1 aliphatic heterocycles. The lowest BCUT2D eigenvalue weighted by Crippen LogP contribution is -2.51. The van der Waals surface area contributed by atoms with E-state index in [1.807, 2.05) is 6.08 Å². The van der Waals surface area contributed by atoms with Gasteiger partial charge in [-0.25, -0.2) is 0 Å². The first-order chi connectivity index (χ1) is 15.4. The third kappa shape index (κ3) is 2.86. The van der Waals surface area contributed by atoms with Crippen LogP contribution in [0.1, 0.15) is 76.2 Å². The molecule has 1 spiro atoms. The standard InChI is InChI=1S/C29H37NO2/c1-28-18-25(19-5-8-21(9-6-19)30(2)3)27-23-12-10-22(31)17-20(23)7-11-24(27)26(28)13-15-29(28)14-4-16-32-29/h5-6,8-9,17,24-26H,4,7,10-16,18H2,1-3H3/t24-,25+,26-,28+,29+/m0/s1. The monoisotopic (exact) mass is 431 g/mol. The van der Waals surface area contributed by atoms with Crippen molar-refractivity contribution in [1.29, 1.82) is 0 Å². The second kappa shape index (κ2) is 7.32. The minimum absolute atomic E-state index is 0.0916. The molecule has 2 saturated carbocycles. The third-order valence-corrected chi connectivity index (χ3v) is 9.94. The van der Waals surface area contributed by atoms with E-state index in [9.17, 15) is 4.79 Å². The van der Waals surface area contributed by atoms with Crippen molar-refractivity contribution in [2.75, 3.05) is 25.6 Å². The van der Waals surface area contributed by atoms with E-state index < -0.39 is 0 Å². The molecule has 3 fully saturated rings. The van der Waals surface area contributed by atoms with Gasteiger partial charge in [0.25, 0.3) is 0 Å². The summed E-state index contributed by atoms with van der Waals surface area (Å²) in [5, 5.41) is 0. The maximum atomic E-state index is 12.2. The Labute approximate surface area is 192 Å². The van der Waals surface area contributed by atoms with Gasteiger partial charge in [0.05, 0.1) is 5.60 Å². The zero-order valence-electron chi connectivity index (χ0n) is 20.0. The highest BCUT2D eigenvalue weighted by atomic mass is 16.5. The number of ketones is 1. The highest BCUT2D eigenvalue weighted by Gasteiger charge is 2.64. The van der Waals surface area contributed by atoms with Crippen LogP contribution in [0.5, 0.6) is 0 Å². The normalized spacial score (nSPS) is 38.4. The topological polar surface area (TPSA) is 29.5 Å². The Kier molecular flexibility index (Phi) is 4.74. The smallest absolute Gasteiger partial charge is 0.156 e. The van der Waals surface area contributed by atoms with Gasteiger partial charge >= 0.3 is 0 Å². The van der Waals surface area contributed by atoms with Gasteiger partial charge in [-0.05, 0) is 98.1 Å². The fourth-order valence-corrected chi connectivity index (χ4v) is 8.39. The Morgan fingerprint density at radius 1 is 1.03 bits per heavy atom. The Hall–Kier alpha value is -1.87. The van der Waals surface area contributed by atoms with Gasteiger partial charge in [0.2, 0.25) is 0 Å². The number of benzene rings is 1. The molecule has 170 valence electrons.